The molecule has 1 aliphatic carbocycles. The Morgan fingerprint density at radius 1 is 0.882 bits per heavy atom. The van der Waals surface area contributed by atoms with E-state index < -0.39 is 0 Å². The van der Waals surface area contributed by atoms with E-state index in [9.17, 15) is 0 Å². The van der Waals surface area contributed by atoms with E-state index in [-0.39, 0.29) is 0 Å². The van der Waals surface area contributed by atoms with Crippen molar-refractivity contribution >= 4 is 11.8 Å². The lowest BCUT2D eigenvalue weighted by Gasteiger charge is -2.19. The Morgan fingerprint density at radius 3 is 2.12 bits per heavy atom. The van der Waals surface area contributed by atoms with Crippen LogP contribution in [0.4, 0.5) is 0 Å². The molecular formula is C16H30S. The third-order valence-electron chi connectivity index (χ3n) is 3.56. The summed E-state index contributed by atoms with van der Waals surface area (Å²) in [5.41, 5.74) is 0. The smallest absolute Gasteiger partial charge is 0.0306 e. The minimum atomic E-state index is 1.33. The molecule has 17 heavy (non-hydrogen) atoms. The molecule has 2 radical (unpaired) electrons. The van der Waals surface area contributed by atoms with Gasteiger partial charge in [-0.05, 0) is 44.3 Å². The van der Waals surface area contributed by atoms with Crippen molar-refractivity contribution < 1.29 is 0 Å². The van der Waals surface area contributed by atoms with Crippen molar-refractivity contribution in [3.05, 3.63) is 11.7 Å². The van der Waals surface area contributed by atoms with Crippen molar-refractivity contribution in [1.82, 2.24) is 0 Å². The van der Waals surface area contributed by atoms with Crippen LogP contribution in [0, 0.1) is 11.7 Å². The van der Waals surface area contributed by atoms with Gasteiger partial charge in [-0.25, -0.2) is 0 Å². The van der Waals surface area contributed by atoms with Crippen molar-refractivity contribution in [2.75, 3.05) is 5.75 Å². The molecule has 0 aromatic heterocycles. The molecule has 1 heteroatoms. The molecule has 1 fully saturated rings. The number of hydrogen-bond acceptors (Lipinski definition) is 1. The summed E-state index contributed by atoms with van der Waals surface area (Å²) in [6.45, 7) is 2.29. The molecule has 0 saturated heterocycles. The van der Waals surface area contributed by atoms with Gasteiger partial charge in [0.25, 0.3) is 0 Å². The number of thioether (sulfide) groups is 1. The van der Waals surface area contributed by atoms with E-state index >= 15 is 0 Å². The molecule has 0 spiro atoms. The quantitative estimate of drug-likeness (QED) is 0.420. The second kappa shape index (κ2) is 11.4. The summed E-state index contributed by atoms with van der Waals surface area (Å²) in [5, 5.41) is 1.77. The number of rotatable bonds is 10. The zero-order valence-corrected chi connectivity index (χ0v) is 12.5. The van der Waals surface area contributed by atoms with Gasteiger partial charge in [0, 0.05) is 5.25 Å². The maximum Gasteiger partial charge on any atom is 0.0306 e. The summed E-state index contributed by atoms with van der Waals surface area (Å²) in [5.74, 6) is 1.38. The van der Waals surface area contributed by atoms with E-state index in [1.807, 2.05) is 0 Å². The van der Waals surface area contributed by atoms with Gasteiger partial charge in [0.15, 0.2) is 0 Å². The van der Waals surface area contributed by atoms with Crippen LogP contribution in [-0.4, -0.2) is 5.75 Å². The van der Waals surface area contributed by atoms with Crippen molar-refractivity contribution in [3.63, 3.8) is 0 Å². The first kappa shape index (κ1) is 15.4. The summed E-state index contributed by atoms with van der Waals surface area (Å²) >= 11 is 2.17. The van der Waals surface area contributed by atoms with Crippen LogP contribution in [0.15, 0.2) is 0 Å². The molecule has 1 saturated carbocycles. The molecule has 0 bridgehead atoms. The van der Waals surface area contributed by atoms with E-state index in [0.29, 0.717) is 0 Å². The Balaban J connectivity index is 1.75. The predicted molar refractivity (Wildman–Crippen MR) is 81.1 cm³/mol. The fourth-order valence-electron chi connectivity index (χ4n) is 2.39. The van der Waals surface area contributed by atoms with E-state index in [4.69, 9.17) is 0 Å². The number of unbranched alkanes of at least 4 members (excludes halogenated alkanes) is 7. The van der Waals surface area contributed by atoms with Crippen LogP contribution in [-0.2, 0) is 0 Å². The molecule has 0 aromatic rings. The van der Waals surface area contributed by atoms with Crippen molar-refractivity contribution in [1.29, 1.82) is 0 Å². The van der Waals surface area contributed by atoms with Crippen LogP contribution < -0.4 is 0 Å². The molecule has 1 aliphatic rings. The topological polar surface area (TPSA) is 0 Å². The summed E-state index contributed by atoms with van der Waals surface area (Å²) in [7, 11) is 0. The molecule has 100 valence electrons. The van der Waals surface area contributed by atoms with Crippen LogP contribution in [0.2, 0.25) is 0 Å². The lowest BCUT2D eigenvalue weighted by atomic mass is 10.0. The lowest BCUT2D eigenvalue weighted by Crippen LogP contribution is -2.01. The van der Waals surface area contributed by atoms with E-state index in [2.05, 4.69) is 25.1 Å². The van der Waals surface area contributed by atoms with E-state index in [1.54, 1.807) is 5.25 Å². The fraction of sp³-hybridized carbons (Fsp3) is 0.875. The van der Waals surface area contributed by atoms with Crippen LogP contribution in [0.25, 0.3) is 0 Å². The van der Waals surface area contributed by atoms with Crippen LogP contribution >= 0.6 is 11.8 Å². The van der Waals surface area contributed by atoms with E-state index in [1.165, 1.54) is 82.8 Å². The summed E-state index contributed by atoms with van der Waals surface area (Å²) < 4.78 is 0. The lowest BCUT2D eigenvalue weighted by molar-refractivity contribution is 0.586. The average molecular weight is 254 g/mol. The van der Waals surface area contributed by atoms with Gasteiger partial charge in [-0.3, -0.25) is 0 Å². The Kier molecular flexibility index (Phi) is 10.4. The SMILES string of the molecule is CCCCCCCCCCS[C]1CC[CH]CC1. The minimum absolute atomic E-state index is 1.33. The van der Waals surface area contributed by atoms with Gasteiger partial charge in [0.2, 0.25) is 0 Å². The molecule has 0 aromatic carbocycles. The Morgan fingerprint density at radius 2 is 1.47 bits per heavy atom. The molecule has 0 heterocycles. The molecule has 0 amide bonds. The first-order valence-electron chi connectivity index (χ1n) is 7.72. The molecule has 0 atom stereocenters. The van der Waals surface area contributed by atoms with Gasteiger partial charge >= 0.3 is 0 Å². The maximum atomic E-state index is 2.44. The summed E-state index contributed by atoms with van der Waals surface area (Å²) in [6.07, 6.45) is 19.4. The highest BCUT2D eigenvalue weighted by atomic mass is 32.2. The third kappa shape index (κ3) is 8.99. The summed E-state index contributed by atoms with van der Waals surface area (Å²) in [6, 6.07) is 0. The van der Waals surface area contributed by atoms with Crippen molar-refractivity contribution in [2.24, 2.45) is 0 Å². The second-order valence-electron chi connectivity index (χ2n) is 5.23. The highest BCUT2D eigenvalue weighted by Crippen LogP contribution is 2.35. The molecule has 0 unspecified atom stereocenters. The van der Waals surface area contributed by atoms with Gasteiger partial charge in [-0.2, -0.15) is 11.8 Å². The molecule has 1 rings (SSSR count). The van der Waals surface area contributed by atoms with Gasteiger partial charge in [0.05, 0.1) is 0 Å². The molecule has 0 N–H and O–H groups in total. The van der Waals surface area contributed by atoms with Crippen molar-refractivity contribution in [3.8, 4) is 0 Å². The Labute approximate surface area is 113 Å². The van der Waals surface area contributed by atoms with Crippen LogP contribution in [0.3, 0.4) is 0 Å². The maximum absolute atomic E-state index is 2.44. The third-order valence-corrected chi connectivity index (χ3v) is 4.87. The van der Waals surface area contributed by atoms with Gasteiger partial charge < -0.3 is 0 Å². The highest BCUT2D eigenvalue weighted by Gasteiger charge is 2.13. The van der Waals surface area contributed by atoms with Crippen LogP contribution in [0.5, 0.6) is 0 Å². The molecular weight excluding hydrogens is 224 g/mol. The monoisotopic (exact) mass is 254 g/mol. The first-order chi connectivity index (χ1) is 8.43. The number of hydrogen-bond donors (Lipinski definition) is 0. The second-order valence-corrected chi connectivity index (χ2v) is 6.50. The Bertz CT molecular complexity index is 150. The van der Waals surface area contributed by atoms with Crippen molar-refractivity contribution in [2.45, 2.75) is 84.0 Å². The van der Waals surface area contributed by atoms with Gasteiger partial charge in [0.1, 0.15) is 0 Å². The average Bonchev–Trinajstić information content (AvgIpc) is 2.38. The van der Waals surface area contributed by atoms with Gasteiger partial charge in [-0.1, -0.05) is 51.9 Å². The molecule has 0 nitrogen and oxygen atoms in total. The molecule has 0 aliphatic heterocycles. The highest BCUT2D eigenvalue weighted by molar-refractivity contribution is 8.02. The predicted octanol–water partition coefficient (Wildman–Crippen LogP) is 6.17. The summed E-state index contributed by atoms with van der Waals surface area (Å²) in [4.78, 5) is 0. The first-order valence-corrected chi connectivity index (χ1v) is 8.71. The normalized spacial score (nSPS) is 17.5. The Hall–Kier alpha value is 0.350. The van der Waals surface area contributed by atoms with Gasteiger partial charge in [-0.15, -0.1) is 0 Å². The minimum Gasteiger partial charge on any atom is -0.154 e. The zero-order chi connectivity index (χ0) is 12.2. The van der Waals surface area contributed by atoms with Crippen LogP contribution in [0.1, 0.15) is 84.0 Å². The standard InChI is InChI=1S/C16H30S/c1-2-3-4-5-6-7-8-12-15-17-16-13-10-9-11-14-16/h9H,2-8,10-15H2,1H3. The fourth-order valence-corrected chi connectivity index (χ4v) is 3.55. The zero-order valence-electron chi connectivity index (χ0n) is 11.7. The van der Waals surface area contributed by atoms with E-state index in [0.717, 1.165) is 0 Å². The largest absolute Gasteiger partial charge is 0.154 e.